The number of Topliss-reactive ketones (excluding diaryl/α,β-unsaturated/α-hetero) is 1. The minimum Gasteiger partial charge on any atom is -0.511 e. The number of ether oxygens (including phenoxy) is 1. The first-order valence-corrected chi connectivity index (χ1v) is 8.76. The summed E-state index contributed by atoms with van der Waals surface area (Å²) in [5, 5.41) is 10.0. The van der Waals surface area contributed by atoms with Gasteiger partial charge in [0.15, 0.2) is 5.78 Å². The van der Waals surface area contributed by atoms with Crippen LogP contribution in [0.3, 0.4) is 0 Å². The molecule has 0 spiro atoms. The molecule has 0 aromatic carbocycles. The first-order valence-electron chi connectivity index (χ1n) is 8.76. The van der Waals surface area contributed by atoms with E-state index < -0.39 is 5.97 Å². The molecule has 1 aliphatic rings. The molecule has 1 saturated heterocycles. The highest BCUT2D eigenvalue weighted by Crippen LogP contribution is 2.24. The lowest BCUT2D eigenvalue weighted by Crippen LogP contribution is -2.33. The number of hydrogen-bond acceptors (Lipinski definition) is 4. The van der Waals surface area contributed by atoms with E-state index in [4.69, 9.17) is 4.74 Å². The summed E-state index contributed by atoms with van der Waals surface area (Å²) in [5.74, 6) is -0.980. The van der Waals surface area contributed by atoms with E-state index in [1.807, 2.05) is 0 Å². The molecule has 0 aromatic heterocycles. The van der Waals surface area contributed by atoms with Gasteiger partial charge in [-0.15, -0.1) is 0 Å². The fourth-order valence-electron chi connectivity index (χ4n) is 2.76. The van der Waals surface area contributed by atoms with Crippen LogP contribution in [-0.2, 0) is 14.3 Å². The standard InChI is InChI=1S/C18H30O4/c1-3-5-7-8-10-12-15(19)17-16(20)13-14(22-18(17)21)11-9-6-4-2/h14,19H,3-13H2,1-2H3/b17-15+/t14-/m1/s1. The summed E-state index contributed by atoms with van der Waals surface area (Å²) in [7, 11) is 0. The summed E-state index contributed by atoms with van der Waals surface area (Å²) in [6.07, 6.45) is 9.43. The molecule has 1 N–H and O–H groups in total. The van der Waals surface area contributed by atoms with Gasteiger partial charge in [0.1, 0.15) is 17.4 Å². The average Bonchev–Trinajstić information content (AvgIpc) is 2.46. The number of cyclic esters (lactones) is 1. The van der Waals surface area contributed by atoms with Crippen molar-refractivity contribution in [3.63, 3.8) is 0 Å². The summed E-state index contributed by atoms with van der Waals surface area (Å²) < 4.78 is 5.30. The van der Waals surface area contributed by atoms with Crippen molar-refractivity contribution in [2.24, 2.45) is 0 Å². The van der Waals surface area contributed by atoms with Crippen LogP contribution in [0.15, 0.2) is 11.3 Å². The van der Waals surface area contributed by atoms with Gasteiger partial charge in [0.05, 0.1) is 0 Å². The topological polar surface area (TPSA) is 63.6 Å². The molecule has 4 nitrogen and oxygen atoms in total. The predicted octanol–water partition coefficient (Wildman–Crippen LogP) is 4.62. The molecule has 22 heavy (non-hydrogen) atoms. The third kappa shape index (κ3) is 6.20. The number of carbonyl (C=O) groups is 2. The van der Waals surface area contributed by atoms with Crippen molar-refractivity contribution < 1.29 is 19.4 Å². The molecule has 126 valence electrons. The molecule has 0 unspecified atom stereocenters. The van der Waals surface area contributed by atoms with E-state index >= 15 is 0 Å². The number of carbonyl (C=O) groups excluding carboxylic acids is 2. The van der Waals surface area contributed by atoms with Gasteiger partial charge in [-0.1, -0.05) is 52.4 Å². The molecule has 1 rings (SSSR count). The molecular weight excluding hydrogens is 280 g/mol. The second kappa shape index (κ2) is 10.4. The minimum atomic E-state index is -0.635. The highest BCUT2D eigenvalue weighted by Gasteiger charge is 2.34. The van der Waals surface area contributed by atoms with Crippen LogP contribution in [0.4, 0.5) is 0 Å². The van der Waals surface area contributed by atoms with Crippen molar-refractivity contribution in [3.8, 4) is 0 Å². The van der Waals surface area contributed by atoms with Crippen LogP contribution in [0.2, 0.25) is 0 Å². The fourth-order valence-corrected chi connectivity index (χ4v) is 2.76. The summed E-state index contributed by atoms with van der Waals surface area (Å²) in [4.78, 5) is 24.1. The second-order valence-corrected chi connectivity index (χ2v) is 6.14. The molecule has 0 bridgehead atoms. The number of hydrogen-bond donors (Lipinski definition) is 1. The van der Waals surface area contributed by atoms with Gasteiger partial charge in [-0.2, -0.15) is 0 Å². The van der Waals surface area contributed by atoms with E-state index in [0.717, 1.165) is 51.4 Å². The molecule has 1 heterocycles. The molecule has 0 amide bonds. The van der Waals surface area contributed by atoms with Gasteiger partial charge < -0.3 is 9.84 Å². The van der Waals surface area contributed by atoms with Gasteiger partial charge >= 0.3 is 5.97 Å². The summed E-state index contributed by atoms with van der Waals surface area (Å²) in [6.45, 7) is 4.25. The average molecular weight is 310 g/mol. The monoisotopic (exact) mass is 310 g/mol. The largest absolute Gasteiger partial charge is 0.511 e. The molecule has 1 aliphatic heterocycles. The fraction of sp³-hybridized carbons (Fsp3) is 0.778. The number of esters is 1. The van der Waals surface area contributed by atoms with Crippen LogP contribution in [0.1, 0.15) is 84.5 Å². The van der Waals surface area contributed by atoms with Crippen LogP contribution >= 0.6 is 0 Å². The highest BCUT2D eigenvalue weighted by molar-refractivity contribution is 6.19. The molecule has 1 atom stereocenters. The smallest absolute Gasteiger partial charge is 0.345 e. The SMILES string of the molecule is CCCCCCC/C(O)=C1/C(=O)C[C@@H](CCCCC)OC1=O. The Hall–Kier alpha value is -1.32. The van der Waals surface area contributed by atoms with Crippen LogP contribution < -0.4 is 0 Å². The van der Waals surface area contributed by atoms with E-state index in [1.54, 1.807) is 0 Å². The van der Waals surface area contributed by atoms with E-state index in [9.17, 15) is 14.7 Å². The van der Waals surface area contributed by atoms with E-state index in [-0.39, 0.29) is 29.6 Å². The molecule has 0 saturated carbocycles. The van der Waals surface area contributed by atoms with Crippen LogP contribution in [-0.4, -0.2) is 23.0 Å². The number of rotatable bonds is 10. The number of unbranched alkanes of at least 4 members (excludes halogenated alkanes) is 6. The van der Waals surface area contributed by atoms with Crippen molar-refractivity contribution in [3.05, 3.63) is 11.3 Å². The molecule has 0 aromatic rings. The van der Waals surface area contributed by atoms with Gasteiger partial charge in [-0.25, -0.2) is 4.79 Å². The third-order valence-electron chi connectivity index (χ3n) is 4.11. The Morgan fingerprint density at radius 2 is 1.68 bits per heavy atom. The maximum absolute atomic E-state index is 12.1. The number of aliphatic hydroxyl groups is 1. The number of ketones is 1. The Morgan fingerprint density at radius 3 is 2.32 bits per heavy atom. The first-order chi connectivity index (χ1) is 10.6. The van der Waals surface area contributed by atoms with Gasteiger partial charge in [-0.3, -0.25) is 4.79 Å². The zero-order valence-electron chi connectivity index (χ0n) is 14.0. The van der Waals surface area contributed by atoms with E-state index in [1.165, 1.54) is 6.42 Å². The summed E-state index contributed by atoms with van der Waals surface area (Å²) in [5.41, 5.74) is -0.109. The number of aliphatic hydroxyl groups excluding tert-OH is 1. The lowest BCUT2D eigenvalue weighted by Gasteiger charge is -2.23. The second-order valence-electron chi connectivity index (χ2n) is 6.14. The van der Waals surface area contributed by atoms with E-state index in [0.29, 0.717) is 6.42 Å². The normalized spacial score (nSPS) is 20.9. The Morgan fingerprint density at radius 1 is 1.05 bits per heavy atom. The zero-order valence-corrected chi connectivity index (χ0v) is 14.0. The lowest BCUT2D eigenvalue weighted by molar-refractivity contribution is -0.151. The Balaban J connectivity index is 2.48. The summed E-state index contributed by atoms with van der Waals surface area (Å²) in [6, 6.07) is 0. The maximum Gasteiger partial charge on any atom is 0.345 e. The van der Waals surface area contributed by atoms with Crippen molar-refractivity contribution in [1.29, 1.82) is 0 Å². The minimum absolute atomic E-state index is 0.0847. The van der Waals surface area contributed by atoms with E-state index in [2.05, 4.69) is 13.8 Å². The maximum atomic E-state index is 12.1. The Bertz CT molecular complexity index is 378. The molecular formula is C18H30O4. The quantitative estimate of drug-likeness (QED) is 0.210. The molecule has 4 heteroatoms. The van der Waals surface area contributed by atoms with Gasteiger partial charge in [0.25, 0.3) is 0 Å². The van der Waals surface area contributed by atoms with Crippen molar-refractivity contribution in [2.75, 3.05) is 0 Å². The molecule has 0 aliphatic carbocycles. The predicted molar refractivity (Wildman–Crippen MR) is 86.7 cm³/mol. The number of allylic oxidation sites excluding steroid dienone is 1. The third-order valence-corrected chi connectivity index (χ3v) is 4.11. The van der Waals surface area contributed by atoms with Gasteiger partial charge in [0, 0.05) is 12.8 Å². The van der Waals surface area contributed by atoms with Crippen molar-refractivity contribution >= 4 is 11.8 Å². The zero-order chi connectivity index (χ0) is 16.4. The van der Waals surface area contributed by atoms with Crippen molar-refractivity contribution in [1.82, 2.24) is 0 Å². The first kappa shape index (κ1) is 18.7. The Kier molecular flexibility index (Phi) is 8.86. The van der Waals surface area contributed by atoms with Gasteiger partial charge in [-0.05, 0) is 19.3 Å². The van der Waals surface area contributed by atoms with Crippen LogP contribution in [0.25, 0.3) is 0 Å². The molecule has 1 fully saturated rings. The molecule has 0 radical (unpaired) electrons. The Labute approximate surface area is 133 Å². The van der Waals surface area contributed by atoms with Crippen LogP contribution in [0, 0.1) is 0 Å². The van der Waals surface area contributed by atoms with Crippen molar-refractivity contribution in [2.45, 2.75) is 90.6 Å². The highest BCUT2D eigenvalue weighted by atomic mass is 16.5. The van der Waals surface area contributed by atoms with Crippen LogP contribution in [0.5, 0.6) is 0 Å². The summed E-state index contributed by atoms with van der Waals surface area (Å²) >= 11 is 0. The lowest BCUT2D eigenvalue weighted by atomic mass is 9.96. The van der Waals surface area contributed by atoms with Gasteiger partial charge in [0.2, 0.25) is 0 Å².